The minimum atomic E-state index is -0.432. The van der Waals surface area contributed by atoms with Gasteiger partial charge in [0.1, 0.15) is 18.6 Å². The monoisotopic (exact) mass is 435 g/mol. The molecule has 0 aliphatic heterocycles. The average Bonchev–Trinajstić information content (AvgIpc) is 2.83. The lowest BCUT2D eigenvalue weighted by Crippen LogP contribution is -2.45. The minimum absolute atomic E-state index is 0.311. The lowest BCUT2D eigenvalue weighted by Gasteiger charge is -2.16. The van der Waals surface area contributed by atoms with Crippen LogP contribution in [-0.2, 0) is 11.4 Å². The Labute approximate surface area is 186 Å². The third kappa shape index (κ3) is 6.67. The van der Waals surface area contributed by atoms with Crippen LogP contribution >= 0.6 is 11.8 Å². The van der Waals surface area contributed by atoms with Crippen LogP contribution in [0.3, 0.4) is 0 Å². The number of hydrogen-bond acceptors (Lipinski definition) is 6. The second-order valence-electron chi connectivity index (χ2n) is 6.85. The molecule has 1 amide bonds. The van der Waals surface area contributed by atoms with Crippen LogP contribution in [0, 0.1) is 0 Å². The Bertz CT molecular complexity index is 984. The van der Waals surface area contributed by atoms with Gasteiger partial charge in [0.25, 0.3) is 5.91 Å². The Morgan fingerprint density at radius 1 is 1.16 bits per heavy atom. The smallest absolute Gasteiger partial charge is 0.266 e. The summed E-state index contributed by atoms with van der Waals surface area (Å²) in [6, 6.07) is 18.4. The number of nitrogens with zero attached hydrogens (tertiary/aromatic N) is 1. The predicted octanol–water partition coefficient (Wildman–Crippen LogP) is 3.88. The summed E-state index contributed by atoms with van der Waals surface area (Å²) in [7, 11) is 0. The van der Waals surface area contributed by atoms with E-state index in [1.54, 1.807) is 36.3 Å². The summed E-state index contributed by atoms with van der Waals surface area (Å²) in [5.41, 5.74) is 8.58. The number of carbonyl (C=O) groups excluding carboxylic acids is 2. The number of hydrazine groups is 1. The molecular weight excluding hydrogens is 410 g/mol. The minimum Gasteiger partial charge on any atom is -0.489 e. The summed E-state index contributed by atoms with van der Waals surface area (Å²) in [5, 5.41) is 0. The Kier molecular flexibility index (Phi) is 8.63. The molecule has 3 aromatic rings. The van der Waals surface area contributed by atoms with Gasteiger partial charge in [0.2, 0.25) is 0 Å². The number of hydrogen-bond donors (Lipinski definition) is 2. The van der Waals surface area contributed by atoms with Crippen LogP contribution in [0.5, 0.6) is 5.75 Å². The van der Waals surface area contributed by atoms with Gasteiger partial charge in [-0.25, -0.2) is 5.43 Å². The van der Waals surface area contributed by atoms with Crippen LogP contribution in [0.1, 0.15) is 22.3 Å². The first-order valence-corrected chi connectivity index (χ1v) is 11.3. The highest BCUT2D eigenvalue weighted by molar-refractivity contribution is 7.98. The lowest BCUT2D eigenvalue weighted by molar-refractivity contribution is -0.109. The van der Waals surface area contributed by atoms with E-state index in [4.69, 9.17) is 4.74 Å². The Morgan fingerprint density at radius 2 is 2.00 bits per heavy atom. The van der Waals surface area contributed by atoms with Gasteiger partial charge in [0.15, 0.2) is 0 Å². The highest BCUT2D eigenvalue weighted by Gasteiger charge is 2.16. The Hall–Kier alpha value is -3.16. The third-order valence-electron chi connectivity index (χ3n) is 4.62. The van der Waals surface area contributed by atoms with Crippen molar-refractivity contribution in [3.05, 3.63) is 84.2 Å². The highest BCUT2D eigenvalue weighted by atomic mass is 32.2. The number of amides is 1. The van der Waals surface area contributed by atoms with Crippen LogP contribution in [0.15, 0.2) is 73.1 Å². The van der Waals surface area contributed by atoms with Gasteiger partial charge in [-0.2, -0.15) is 11.8 Å². The second kappa shape index (κ2) is 11.9. The Morgan fingerprint density at radius 3 is 2.71 bits per heavy atom. The zero-order valence-corrected chi connectivity index (χ0v) is 18.1. The number of benzene rings is 2. The standard InChI is InChI=1S/C24H25N3O3S/c1-31-13-11-20(16-28)26-27-24(29)22-10-9-21(30-17-18-6-5-12-25-15-18)14-23(22)19-7-3-2-4-8-19/h2-10,12,14-16,20,26H,11,13,17H2,1H3,(H,27,29)/t20-/m1/s1. The maximum atomic E-state index is 12.9. The second-order valence-corrected chi connectivity index (χ2v) is 7.83. The quantitative estimate of drug-likeness (QED) is 0.351. The van der Waals surface area contributed by atoms with E-state index in [1.807, 2.05) is 54.8 Å². The SMILES string of the molecule is CSCC[C@H](C=O)NNC(=O)c1ccc(OCc2cccnc2)cc1-c1ccccc1. The first-order chi connectivity index (χ1) is 15.2. The van der Waals surface area contributed by atoms with Crippen molar-refractivity contribution in [2.45, 2.75) is 19.1 Å². The van der Waals surface area contributed by atoms with E-state index in [-0.39, 0.29) is 5.91 Å². The van der Waals surface area contributed by atoms with Crippen molar-refractivity contribution in [2.75, 3.05) is 12.0 Å². The van der Waals surface area contributed by atoms with E-state index in [0.29, 0.717) is 24.3 Å². The van der Waals surface area contributed by atoms with E-state index < -0.39 is 6.04 Å². The molecule has 3 rings (SSSR count). The van der Waals surface area contributed by atoms with Crippen LogP contribution in [0.2, 0.25) is 0 Å². The van der Waals surface area contributed by atoms with Gasteiger partial charge in [-0.1, -0.05) is 36.4 Å². The number of pyridine rings is 1. The molecule has 0 radical (unpaired) electrons. The molecule has 2 aromatic carbocycles. The van der Waals surface area contributed by atoms with Crippen molar-refractivity contribution in [1.29, 1.82) is 0 Å². The van der Waals surface area contributed by atoms with E-state index >= 15 is 0 Å². The largest absolute Gasteiger partial charge is 0.489 e. The molecule has 0 saturated heterocycles. The fourth-order valence-corrected chi connectivity index (χ4v) is 3.45. The molecule has 0 spiro atoms. The summed E-state index contributed by atoms with van der Waals surface area (Å²) in [6.07, 6.45) is 6.90. The van der Waals surface area contributed by atoms with E-state index in [1.165, 1.54) is 0 Å². The first kappa shape index (κ1) is 22.5. The molecule has 6 nitrogen and oxygen atoms in total. The molecule has 1 heterocycles. The number of aromatic nitrogens is 1. The van der Waals surface area contributed by atoms with Crippen molar-refractivity contribution in [1.82, 2.24) is 15.8 Å². The van der Waals surface area contributed by atoms with Crippen molar-refractivity contribution < 1.29 is 14.3 Å². The zero-order chi connectivity index (χ0) is 21.9. The van der Waals surface area contributed by atoms with Gasteiger partial charge in [0, 0.05) is 23.5 Å². The van der Waals surface area contributed by atoms with Crippen LogP contribution in [0.25, 0.3) is 11.1 Å². The predicted molar refractivity (Wildman–Crippen MR) is 124 cm³/mol. The lowest BCUT2D eigenvalue weighted by atomic mass is 9.99. The molecule has 160 valence electrons. The normalized spacial score (nSPS) is 11.5. The molecule has 31 heavy (non-hydrogen) atoms. The maximum Gasteiger partial charge on any atom is 0.266 e. The summed E-state index contributed by atoms with van der Waals surface area (Å²) in [6.45, 7) is 0.381. The molecule has 1 atom stereocenters. The molecule has 0 aliphatic rings. The molecule has 0 fully saturated rings. The molecule has 0 saturated carbocycles. The molecular formula is C24H25N3O3S. The molecule has 1 aromatic heterocycles. The van der Waals surface area contributed by atoms with Gasteiger partial charge in [-0.05, 0) is 53.8 Å². The fraction of sp³-hybridized carbons (Fsp3) is 0.208. The van der Waals surface area contributed by atoms with Gasteiger partial charge < -0.3 is 9.53 Å². The highest BCUT2D eigenvalue weighted by Crippen LogP contribution is 2.28. The summed E-state index contributed by atoms with van der Waals surface area (Å²) >= 11 is 1.65. The van der Waals surface area contributed by atoms with Crippen LogP contribution < -0.4 is 15.6 Å². The number of nitrogens with one attached hydrogen (secondary N) is 2. The third-order valence-corrected chi connectivity index (χ3v) is 5.26. The molecule has 2 N–H and O–H groups in total. The first-order valence-electron chi connectivity index (χ1n) is 9.92. The van der Waals surface area contributed by atoms with Gasteiger partial charge >= 0.3 is 0 Å². The van der Waals surface area contributed by atoms with Gasteiger partial charge in [0.05, 0.1) is 6.04 Å². The van der Waals surface area contributed by atoms with Crippen molar-refractivity contribution >= 4 is 24.0 Å². The number of aldehydes is 1. The van der Waals surface area contributed by atoms with Crippen LogP contribution in [0.4, 0.5) is 0 Å². The summed E-state index contributed by atoms with van der Waals surface area (Å²) in [4.78, 5) is 28.2. The Balaban J connectivity index is 1.78. The summed E-state index contributed by atoms with van der Waals surface area (Å²) in [5.74, 6) is 1.16. The van der Waals surface area contributed by atoms with E-state index in [0.717, 1.165) is 28.7 Å². The van der Waals surface area contributed by atoms with Gasteiger partial charge in [-0.15, -0.1) is 0 Å². The summed E-state index contributed by atoms with van der Waals surface area (Å²) < 4.78 is 5.91. The topological polar surface area (TPSA) is 80.3 Å². The molecule has 7 heteroatoms. The van der Waals surface area contributed by atoms with Gasteiger partial charge in [-0.3, -0.25) is 15.2 Å². The number of ether oxygens (including phenoxy) is 1. The van der Waals surface area contributed by atoms with Crippen molar-refractivity contribution in [3.63, 3.8) is 0 Å². The average molecular weight is 436 g/mol. The van der Waals surface area contributed by atoms with Crippen molar-refractivity contribution in [3.8, 4) is 16.9 Å². The number of thioether (sulfide) groups is 1. The molecule has 0 unspecified atom stereocenters. The fourth-order valence-electron chi connectivity index (χ4n) is 2.96. The van der Waals surface area contributed by atoms with Crippen LogP contribution in [-0.4, -0.2) is 35.2 Å². The number of rotatable bonds is 11. The van der Waals surface area contributed by atoms with E-state index in [2.05, 4.69) is 15.8 Å². The maximum absolute atomic E-state index is 12.9. The molecule has 0 bridgehead atoms. The van der Waals surface area contributed by atoms with Crippen molar-refractivity contribution in [2.24, 2.45) is 0 Å². The number of carbonyl (C=O) groups is 2. The zero-order valence-electron chi connectivity index (χ0n) is 17.3. The van der Waals surface area contributed by atoms with E-state index in [9.17, 15) is 9.59 Å². The molecule has 0 aliphatic carbocycles.